The molecule has 4 fully saturated rings. The van der Waals surface area contributed by atoms with Crippen LogP contribution in [-0.2, 0) is 6.54 Å². The minimum Gasteiger partial charge on any atom is -0.332 e. The molecule has 0 radical (unpaired) electrons. The van der Waals surface area contributed by atoms with Crippen LogP contribution < -0.4 is 10.6 Å². The van der Waals surface area contributed by atoms with Gasteiger partial charge >= 0.3 is 6.03 Å². The quantitative estimate of drug-likeness (QED) is 0.609. The van der Waals surface area contributed by atoms with Gasteiger partial charge in [-0.25, -0.2) is 4.79 Å². The number of nitrogens with zero attached hydrogens (tertiary/aromatic N) is 2. The Morgan fingerprint density at radius 3 is 2.33 bits per heavy atom. The molecule has 4 bridgehead atoms. The number of aromatic nitrogens is 2. The first-order valence-corrected chi connectivity index (χ1v) is 11.6. The maximum Gasteiger partial charge on any atom is 0.319 e. The van der Waals surface area contributed by atoms with Gasteiger partial charge in [0.15, 0.2) is 0 Å². The lowest BCUT2D eigenvalue weighted by Gasteiger charge is -2.56. The van der Waals surface area contributed by atoms with Crippen molar-refractivity contribution >= 4 is 34.9 Å². The van der Waals surface area contributed by atoms with E-state index in [0.29, 0.717) is 16.6 Å². The third kappa shape index (κ3) is 3.71. The molecule has 0 atom stereocenters. The van der Waals surface area contributed by atoms with Gasteiger partial charge in [-0.05, 0) is 87.8 Å². The Labute approximate surface area is 187 Å². The lowest BCUT2D eigenvalue weighted by Crippen LogP contribution is -2.60. The van der Waals surface area contributed by atoms with Gasteiger partial charge < -0.3 is 10.6 Å². The number of halogens is 2. The molecule has 1 aromatic carbocycles. The van der Waals surface area contributed by atoms with Crippen molar-refractivity contribution in [3.05, 3.63) is 45.2 Å². The van der Waals surface area contributed by atoms with Crippen molar-refractivity contribution in [1.82, 2.24) is 15.1 Å². The van der Waals surface area contributed by atoms with E-state index in [2.05, 4.69) is 15.7 Å². The molecule has 6 rings (SSSR count). The van der Waals surface area contributed by atoms with Gasteiger partial charge in [0.1, 0.15) is 0 Å². The van der Waals surface area contributed by atoms with Gasteiger partial charge in [0.05, 0.1) is 33.7 Å². The van der Waals surface area contributed by atoms with E-state index in [-0.39, 0.29) is 11.6 Å². The number of benzene rings is 1. The van der Waals surface area contributed by atoms with E-state index in [1.54, 1.807) is 6.07 Å². The molecule has 7 heteroatoms. The highest BCUT2D eigenvalue weighted by atomic mass is 35.5. The summed E-state index contributed by atoms with van der Waals surface area (Å²) >= 11 is 12.2. The lowest BCUT2D eigenvalue weighted by molar-refractivity contribution is -0.0127. The van der Waals surface area contributed by atoms with Gasteiger partial charge in [0.2, 0.25) is 0 Å². The van der Waals surface area contributed by atoms with Crippen molar-refractivity contribution in [2.45, 2.75) is 64.5 Å². The molecule has 2 amide bonds. The summed E-state index contributed by atoms with van der Waals surface area (Å²) in [6.07, 6.45) is 7.51. The fourth-order valence-corrected chi connectivity index (χ4v) is 6.81. The first kappa shape index (κ1) is 20.2. The van der Waals surface area contributed by atoms with Crippen molar-refractivity contribution in [2.24, 2.45) is 17.8 Å². The molecule has 2 aromatic rings. The van der Waals surface area contributed by atoms with Crippen molar-refractivity contribution in [2.75, 3.05) is 5.32 Å². The zero-order chi connectivity index (χ0) is 21.0. The number of carbonyl (C=O) groups excluding carboxylic acids is 1. The number of hydrogen-bond donors (Lipinski definition) is 2. The molecule has 0 saturated heterocycles. The van der Waals surface area contributed by atoms with Crippen molar-refractivity contribution in [1.29, 1.82) is 0 Å². The topological polar surface area (TPSA) is 59.0 Å². The Bertz CT molecular complexity index is 964. The number of rotatable bonds is 4. The molecule has 160 valence electrons. The van der Waals surface area contributed by atoms with Crippen LogP contribution in [0.25, 0.3) is 0 Å². The summed E-state index contributed by atoms with van der Waals surface area (Å²) in [5.74, 6) is 2.40. The fraction of sp³-hybridized carbons (Fsp3) is 0.565. The summed E-state index contributed by atoms with van der Waals surface area (Å²) in [5, 5.41) is 12.2. The van der Waals surface area contributed by atoms with Crippen LogP contribution in [0.4, 0.5) is 10.5 Å². The summed E-state index contributed by atoms with van der Waals surface area (Å²) in [6.45, 7) is 4.48. The van der Waals surface area contributed by atoms with Crippen LogP contribution in [0.3, 0.4) is 0 Å². The fourth-order valence-electron chi connectivity index (χ4n) is 6.49. The number of amides is 2. The Balaban J connectivity index is 1.29. The second kappa shape index (κ2) is 7.45. The van der Waals surface area contributed by atoms with E-state index < -0.39 is 0 Å². The number of aryl methyl sites for hydroxylation is 1. The number of urea groups is 1. The predicted octanol–water partition coefficient (Wildman–Crippen LogP) is 5.95. The van der Waals surface area contributed by atoms with E-state index in [1.165, 1.54) is 19.3 Å². The van der Waals surface area contributed by atoms with Crippen LogP contribution in [-0.4, -0.2) is 21.4 Å². The highest BCUT2D eigenvalue weighted by molar-refractivity contribution is 6.42. The Morgan fingerprint density at radius 1 is 1.10 bits per heavy atom. The van der Waals surface area contributed by atoms with E-state index in [0.717, 1.165) is 59.7 Å². The molecule has 5 nitrogen and oxygen atoms in total. The minimum atomic E-state index is -0.0998. The van der Waals surface area contributed by atoms with E-state index >= 15 is 0 Å². The average Bonchev–Trinajstić information content (AvgIpc) is 2.90. The Morgan fingerprint density at radius 2 is 1.73 bits per heavy atom. The smallest absolute Gasteiger partial charge is 0.319 e. The zero-order valence-electron chi connectivity index (χ0n) is 17.5. The molecule has 0 unspecified atom stereocenters. The molecule has 4 aliphatic carbocycles. The summed E-state index contributed by atoms with van der Waals surface area (Å²) in [4.78, 5) is 13.0. The normalized spacial score (nSPS) is 29.3. The molecule has 0 spiro atoms. The van der Waals surface area contributed by atoms with Crippen molar-refractivity contribution < 1.29 is 4.79 Å². The molecule has 0 aliphatic heterocycles. The standard InChI is InChI=1S/C23H28Cl2N4O/c1-13-21(14(2)29(28-13)12-15-3-4-19(24)20(25)8-15)26-22(30)27-23-9-16-5-17(10-23)7-18(6-16)11-23/h3-4,8,16-18H,5-7,9-12H2,1-2H3,(H2,26,27,30). The molecule has 30 heavy (non-hydrogen) atoms. The second-order valence-electron chi connectivity index (χ2n) is 9.73. The van der Waals surface area contributed by atoms with Crippen LogP contribution in [0.2, 0.25) is 10.0 Å². The highest BCUT2D eigenvalue weighted by Crippen LogP contribution is 2.55. The summed E-state index contributed by atoms with van der Waals surface area (Å²) < 4.78 is 1.90. The van der Waals surface area contributed by atoms with Crippen LogP contribution in [0, 0.1) is 31.6 Å². The average molecular weight is 447 g/mol. The van der Waals surface area contributed by atoms with Crippen LogP contribution >= 0.6 is 23.2 Å². The summed E-state index contributed by atoms with van der Waals surface area (Å²) in [5.41, 5.74) is 3.54. The predicted molar refractivity (Wildman–Crippen MR) is 120 cm³/mol. The molecule has 4 aliphatic rings. The van der Waals surface area contributed by atoms with Crippen molar-refractivity contribution in [3.8, 4) is 0 Å². The lowest BCUT2D eigenvalue weighted by atomic mass is 9.53. The molecular formula is C23H28Cl2N4O. The van der Waals surface area contributed by atoms with Gasteiger partial charge in [0.25, 0.3) is 0 Å². The summed E-state index contributed by atoms with van der Waals surface area (Å²) in [6, 6.07) is 5.49. The van der Waals surface area contributed by atoms with Crippen LogP contribution in [0.5, 0.6) is 0 Å². The first-order chi connectivity index (χ1) is 14.3. The number of hydrogen-bond acceptors (Lipinski definition) is 2. The Kier molecular flexibility index (Phi) is 5.02. The Hall–Kier alpha value is -1.72. The number of carbonyl (C=O) groups is 1. The second-order valence-corrected chi connectivity index (χ2v) is 10.5. The third-order valence-corrected chi connectivity index (χ3v) is 8.09. The van der Waals surface area contributed by atoms with Gasteiger partial charge in [-0.2, -0.15) is 5.10 Å². The molecule has 2 N–H and O–H groups in total. The first-order valence-electron chi connectivity index (χ1n) is 10.9. The largest absolute Gasteiger partial charge is 0.332 e. The van der Waals surface area contributed by atoms with Gasteiger partial charge in [-0.3, -0.25) is 4.68 Å². The third-order valence-electron chi connectivity index (χ3n) is 7.35. The maximum atomic E-state index is 13.0. The van der Waals surface area contributed by atoms with E-state index in [1.807, 2.05) is 30.7 Å². The number of anilines is 1. The summed E-state index contributed by atoms with van der Waals surface area (Å²) in [7, 11) is 0. The SMILES string of the molecule is Cc1nn(Cc2ccc(Cl)c(Cl)c2)c(C)c1NC(=O)NC12CC3CC(CC(C3)C1)C2. The monoisotopic (exact) mass is 446 g/mol. The molecule has 1 aromatic heterocycles. The maximum absolute atomic E-state index is 13.0. The van der Waals surface area contributed by atoms with Gasteiger partial charge in [-0.15, -0.1) is 0 Å². The van der Waals surface area contributed by atoms with Gasteiger partial charge in [-0.1, -0.05) is 29.3 Å². The van der Waals surface area contributed by atoms with Gasteiger partial charge in [0, 0.05) is 5.54 Å². The molecular weight excluding hydrogens is 419 g/mol. The zero-order valence-corrected chi connectivity index (χ0v) is 19.0. The van der Waals surface area contributed by atoms with Crippen LogP contribution in [0.15, 0.2) is 18.2 Å². The number of nitrogens with one attached hydrogen (secondary N) is 2. The van der Waals surface area contributed by atoms with Crippen molar-refractivity contribution in [3.63, 3.8) is 0 Å². The molecule has 4 saturated carbocycles. The van der Waals surface area contributed by atoms with E-state index in [9.17, 15) is 4.79 Å². The van der Waals surface area contributed by atoms with E-state index in [4.69, 9.17) is 23.2 Å². The van der Waals surface area contributed by atoms with Crippen LogP contribution in [0.1, 0.15) is 55.5 Å². The highest BCUT2D eigenvalue weighted by Gasteiger charge is 2.51. The molecule has 1 heterocycles. The minimum absolute atomic E-state index is 0.00328.